The fraction of sp³-hybridized carbons (Fsp3) is 0.538. The molecule has 1 aliphatic rings. The molecule has 0 saturated heterocycles. The van der Waals surface area contributed by atoms with E-state index in [1.165, 1.54) is 6.42 Å². The Labute approximate surface area is 102 Å². The van der Waals surface area contributed by atoms with Crippen molar-refractivity contribution in [3.05, 3.63) is 28.8 Å². The molecule has 0 aliphatic heterocycles. The van der Waals surface area contributed by atoms with Gasteiger partial charge in [-0.2, -0.15) is 0 Å². The van der Waals surface area contributed by atoms with Crippen LogP contribution in [-0.2, 0) is 0 Å². The summed E-state index contributed by atoms with van der Waals surface area (Å²) >= 11 is 5.91. The molecule has 3 heteroatoms. The number of benzene rings is 1. The van der Waals surface area contributed by atoms with E-state index < -0.39 is 0 Å². The average Bonchev–Trinajstić information content (AvgIpc) is 2.70. The Balaban J connectivity index is 1.99. The van der Waals surface area contributed by atoms with Crippen LogP contribution in [0, 0.1) is 6.92 Å². The van der Waals surface area contributed by atoms with Crippen LogP contribution in [0.25, 0.3) is 0 Å². The molecule has 2 rings (SSSR count). The first-order valence-corrected chi connectivity index (χ1v) is 6.17. The zero-order valence-electron chi connectivity index (χ0n) is 9.79. The van der Waals surface area contributed by atoms with Crippen LogP contribution >= 0.6 is 11.6 Å². The lowest BCUT2D eigenvalue weighted by Gasteiger charge is -2.16. The molecule has 2 atom stereocenters. The molecule has 2 nitrogen and oxygen atoms in total. The molecule has 1 saturated carbocycles. The van der Waals surface area contributed by atoms with E-state index in [9.17, 15) is 0 Å². The van der Waals surface area contributed by atoms with Crippen LogP contribution in [-0.4, -0.2) is 19.2 Å². The first-order chi connectivity index (χ1) is 7.69. The highest BCUT2D eigenvalue weighted by Crippen LogP contribution is 2.28. The van der Waals surface area contributed by atoms with E-state index in [4.69, 9.17) is 16.3 Å². The molecule has 16 heavy (non-hydrogen) atoms. The van der Waals surface area contributed by atoms with Crippen LogP contribution in [0.1, 0.15) is 24.8 Å². The van der Waals surface area contributed by atoms with Gasteiger partial charge in [0, 0.05) is 11.1 Å². The third-order valence-electron chi connectivity index (χ3n) is 3.22. The summed E-state index contributed by atoms with van der Waals surface area (Å²) in [6.07, 6.45) is 3.78. The van der Waals surface area contributed by atoms with Gasteiger partial charge in [0.15, 0.2) is 0 Å². The molecule has 1 fully saturated rings. The number of halogens is 1. The second kappa shape index (κ2) is 5.07. The number of hydrogen-bond acceptors (Lipinski definition) is 2. The Bertz CT molecular complexity index is 367. The maximum absolute atomic E-state index is 5.99. The second-order valence-corrected chi connectivity index (χ2v) is 4.88. The Morgan fingerprint density at radius 3 is 2.81 bits per heavy atom. The molecule has 0 spiro atoms. The van der Waals surface area contributed by atoms with Gasteiger partial charge in [-0.25, -0.2) is 0 Å². The maximum Gasteiger partial charge on any atom is 0.122 e. The smallest absolute Gasteiger partial charge is 0.122 e. The van der Waals surface area contributed by atoms with E-state index in [-0.39, 0.29) is 0 Å². The van der Waals surface area contributed by atoms with E-state index in [1.807, 2.05) is 32.2 Å². The highest BCUT2D eigenvalue weighted by molar-refractivity contribution is 6.30. The van der Waals surface area contributed by atoms with E-state index in [1.54, 1.807) is 0 Å². The minimum atomic E-state index is 0.345. The Morgan fingerprint density at radius 1 is 1.38 bits per heavy atom. The van der Waals surface area contributed by atoms with Gasteiger partial charge in [0.1, 0.15) is 11.9 Å². The summed E-state index contributed by atoms with van der Waals surface area (Å²) in [5.74, 6) is 0.964. The minimum Gasteiger partial charge on any atom is -0.490 e. The number of rotatable bonds is 3. The monoisotopic (exact) mass is 239 g/mol. The lowest BCUT2D eigenvalue weighted by molar-refractivity contribution is 0.205. The SMILES string of the molecule is CNC1CCC(Oc2ccc(Cl)cc2C)C1. The van der Waals surface area contributed by atoms with Gasteiger partial charge in [-0.3, -0.25) is 0 Å². The standard InChI is InChI=1S/C13H18ClNO/c1-9-7-10(14)3-6-13(9)16-12-5-4-11(8-12)15-2/h3,6-7,11-12,15H,4-5,8H2,1-2H3. The Kier molecular flexibility index (Phi) is 3.72. The zero-order valence-corrected chi connectivity index (χ0v) is 10.6. The van der Waals surface area contributed by atoms with Gasteiger partial charge in [-0.1, -0.05) is 11.6 Å². The normalized spacial score (nSPS) is 24.7. The van der Waals surface area contributed by atoms with Crippen molar-refractivity contribution in [1.82, 2.24) is 5.32 Å². The molecule has 88 valence electrons. The van der Waals surface area contributed by atoms with Crippen molar-refractivity contribution in [2.45, 2.75) is 38.3 Å². The molecule has 0 bridgehead atoms. The van der Waals surface area contributed by atoms with Crippen molar-refractivity contribution in [1.29, 1.82) is 0 Å². The molecular formula is C13H18ClNO. The van der Waals surface area contributed by atoms with Crippen LogP contribution in [0.2, 0.25) is 5.02 Å². The van der Waals surface area contributed by atoms with Gasteiger partial charge in [0.05, 0.1) is 0 Å². The second-order valence-electron chi connectivity index (χ2n) is 4.45. The Morgan fingerprint density at radius 2 is 2.19 bits per heavy atom. The van der Waals surface area contributed by atoms with Crippen LogP contribution in [0.5, 0.6) is 5.75 Å². The summed E-state index contributed by atoms with van der Waals surface area (Å²) in [6, 6.07) is 6.40. The van der Waals surface area contributed by atoms with Crippen molar-refractivity contribution in [2.24, 2.45) is 0 Å². The highest BCUT2D eigenvalue weighted by atomic mass is 35.5. The third-order valence-corrected chi connectivity index (χ3v) is 3.46. The zero-order chi connectivity index (χ0) is 11.5. The van der Waals surface area contributed by atoms with E-state index in [2.05, 4.69) is 5.32 Å². The van der Waals surface area contributed by atoms with Crippen molar-refractivity contribution in [2.75, 3.05) is 7.05 Å². The number of hydrogen-bond donors (Lipinski definition) is 1. The Hall–Kier alpha value is -0.730. The van der Waals surface area contributed by atoms with E-state index in [0.717, 1.165) is 29.2 Å². The van der Waals surface area contributed by atoms with Gasteiger partial charge in [-0.05, 0) is 57.0 Å². The van der Waals surface area contributed by atoms with Crippen molar-refractivity contribution < 1.29 is 4.74 Å². The molecule has 1 N–H and O–H groups in total. The highest BCUT2D eigenvalue weighted by Gasteiger charge is 2.25. The molecule has 2 unspecified atom stereocenters. The summed E-state index contributed by atoms with van der Waals surface area (Å²) < 4.78 is 5.99. The predicted molar refractivity (Wildman–Crippen MR) is 67.3 cm³/mol. The average molecular weight is 240 g/mol. The van der Waals surface area contributed by atoms with Crippen LogP contribution in [0.3, 0.4) is 0 Å². The topological polar surface area (TPSA) is 21.3 Å². The van der Waals surface area contributed by atoms with Gasteiger partial charge in [-0.15, -0.1) is 0 Å². The summed E-state index contributed by atoms with van der Waals surface area (Å²) in [4.78, 5) is 0. The number of aryl methyl sites for hydroxylation is 1. The van der Waals surface area contributed by atoms with Gasteiger partial charge in [0.25, 0.3) is 0 Å². The minimum absolute atomic E-state index is 0.345. The molecular weight excluding hydrogens is 222 g/mol. The number of nitrogens with one attached hydrogen (secondary N) is 1. The first kappa shape index (κ1) is 11.7. The summed E-state index contributed by atoms with van der Waals surface area (Å²) in [5, 5.41) is 4.07. The van der Waals surface area contributed by atoms with Crippen molar-refractivity contribution in [3.8, 4) is 5.75 Å². The van der Waals surface area contributed by atoms with E-state index >= 15 is 0 Å². The number of ether oxygens (including phenoxy) is 1. The first-order valence-electron chi connectivity index (χ1n) is 5.79. The summed E-state index contributed by atoms with van der Waals surface area (Å²) in [6.45, 7) is 2.03. The van der Waals surface area contributed by atoms with Crippen molar-refractivity contribution in [3.63, 3.8) is 0 Å². The molecule has 0 radical (unpaired) electrons. The summed E-state index contributed by atoms with van der Waals surface area (Å²) in [7, 11) is 2.01. The third kappa shape index (κ3) is 2.69. The molecule has 1 aromatic rings. The summed E-state index contributed by atoms with van der Waals surface area (Å²) in [5.41, 5.74) is 1.11. The van der Waals surface area contributed by atoms with Crippen LogP contribution < -0.4 is 10.1 Å². The van der Waals surface area contributed by atoms with Crippen LogP contribution in [0.4, 0.5) is 0 Å². The molecule has 1 aromatic carbocycles. The fourth-order valence-electron chi connectivity index (χ4n) is 2.23. The molecule has 0 aromatic heterocycles. The predicted octanol–water partition coefficient (Wildman–Crippen LogP) is 3.17. The molecule has 0 amide bonds. The molecule has 0 heterocycles. The largest absolute Gasteiger partial charge is 0.490 e. The van der Waals surface area contributed by atoms with Gasteiger partial charge >= 0.3 is 0 Å². The maximum atomic E-state index is 5.99. The molecule has 1 aliphatic carbocycles. The van der Waals surface area contributed by atoms with Crippen LogP contribution in [0.15, 0.2) is 18.2 Å². The van der Waals surface area contributed by atoms with E-state index in [0.29, 0.717) is 12.1 Å². The van der Waals surface area contributed by atoms with Gasteiger partial charge in [0.2, 0.25) is 0 Å². The van der Waals surface area contributed by atoms with Crippen molar-refractivity contribution >= 4 is 11.6 Å². The lowest BCUT2D eigenvalue weighted by atomic mass is 10.2. The van der Waals surface area contributed by atoms with Gasteiger partial charge < -0.3 is 10.1 Å². The fourth-order valence-corrected chi connectivity index (χ4v) is 2.46. The lowest BCUT2D eigenvalue weighted by Crippen LogP contribution is -2.23. The quantitative estimate of drug-likeness (QED) is 0.875.